The number of hydrogen-bond donors (Lipinski definition) is 1. The molecule has 0 spiro atoms. The summed E-state index contributed by atoms with van der Waals surface area (Å²) in [6, 6.07) is 6.47. The first-order chi connectivity index (χ1) is 7.43. The molecule has 0 aliphatic rings. The number of benzene rings is 1. The monoisotopic (exact) mass is 251 g/mol. The van der Waals surface area contributed by atoms with E-state index in [1.165, 1.54) is 0 Å². The van der Waals surface area contributed by atoms with Crippen molar-refractivity contribution in [3.8, 4) is 0 Å². The van der Waals surface area contributed by atoms with Gasteiger partial charge in [0.25, 0.3) is 0 Å². The minimum Gasteiger partial charge on any atom is -0.330 e. The van der Waals surface area contributed by atoms with Crippen LogP contribution in [-0.4, -0.2) is 12.7 Å². The Hall–Kier alpha value is -0.740. The number of halogens is 4. The number of alkyl halides is 3. The van der Waals surface area contributed by atoms with Crippen LogP contribution in [0.2, 0.25) is 5.02 Å². The first-order valence-electron chi connectivity index (χ1n) is 4.94. The van der Waals surface area contributed by atoms with Gasteiger partial charge in [0.05, 0.1) is 5.92 Å². The van der Waals surface area contributed by atoms with Gasteiger partial charge in [-0.05, 0) is 37.1 Å². The minimum absolute atomic E-state index is 0.0325. The molecule has 0 saturated heterocycles. The summed E-state index contributed by atoms with van der Waals surface area (Å²) in [6.07, 6.45) is -4.33. The van der Waals surface area contributed by atoms with Gasteiger partial charge in [-0.2, -0.15) is 13.2 Å². The molecule has 0 heterocycles. The van der Waals surface area contributed by atoms with Gasteiger partial charge in [-0.25, -0.2) is 0 Å². The Labute approximate surface area is 97.4 Å². The summed E-state index contributed by atoms with van der Waals surface area (Å²) >= 11 is 5.71. The molecule has 1 aromatic carbocycles. The van der Waals surface area contributed by atoms with Crippen molar-refractivity contribution in [3.05, 3.63) is 34.9 Å². The van der Waals surface area contributed by atoms with Crippen LogP contribution in [-0.2, 0) is 6.42 Å². The van der Waals surface area contributed by atoms with Crippen LogP contribution in [0, 0.1) is 5.92 Å². The summed E-state index contributed by atoms with van der Waals surface area (Å²) in [7, 11) is 0. The van der Waals surface area contributed by atoms with Crippen molar-refractivity contribution in [1.82, 2.24) is 0 Å². The van der Waals surface area contributed by atoms with Crippen molar-refractivity contribution in [2.75, 3.05) is 6.54 Å². The van der Waals surface area contributed by atoms with E-state index in [0.29, 0.717) is 10.6 Å². The Kier molecular flexibility index (Phi) is 4.62. The zero-order chi connectivity index (χ0) is 12.2. The zero-order valence-electron chi connectivity index (χ0n) is 8.60. The lowest BCUT2D eigenvalue weighted by atomic mass is 9.96. The molecule has 0 aliphatic carbocycles. The highest BCUT2D eigenvalue weighted by Gasteiger charge is 2.38. The Morgan fingerprint density at radius 2 is 2.00 bits per heavy atom. The Morgan fingerprint density at radius 1 is 1.31 bits per heavy atom. The van der Waals surface area contributed by atoms with E-state index >= 15 is 0 Å². The maximum absolute atomic E-state index is 12.6. The minimum atomic E-state index is -4.21. The van der Waals surface area contributed by atoms with E-state index in [-0.39, 0.29) is 19.4 Å². The first-order valence-corrected chi connectivity index (χ1v) is 5.32. The fourth-order valence-corrected chi connectivity index (χ4v) is 1.74. The zero-order valence-corrected chi connectivity index (χ0v) is 9.35. The van der Waals surface area contributed by atoms with Gasteiger partial charge in [0.1, 0.15) is 0 Å². The Balaban J connectivity index is 2.76. The topological polar surface area (TPSA) is 26.0 Å². The molecule has 90 valence electrons. The van der Waals surface area contributed by atoms with Gasteiger partial charge < -0.3 is 5.73 Å². The average Bonchev–Trinajstić information content (AvgIpc) is 2.16. The van der Waals surface area contributed by atoms with Crippen LogP contribution in [0.15, 0.2) is 24.3 Å². The Bertz CT molecular complexity index is 338. The number of nitrogens with two attached hydrogens (primary N) is 1. The third-order valence-corrected chi connectivity index (χ3v) is 2.58. The van der Waals surface area contributed by atoms with Crippen LogP contribution in [0.1, 0.15) is 12.0 Å². The molecule has 0 amide bonds. The van der Waals surface area contributed by atoms with Gasteiger partial charge in [-0.3, -0.25) is 0 Å². The van der Waals surface area contributed by atoms with E-state index in [1.807, 2.05) is 0 Å². The molecule has 1 unspecified atom stereocenters. The SMILES string of the molecule is NCCC(Cc1cccc(Cl)c1)C(F)(F)F. The van der Waals surface area contributed by atoms with Crippen LogP contribution in [0.3, 0.4) is 0 Å². The van der Waals surface area contributed by atoms with E-state index in [4.69, 9.17) is 17.3 Å². The van der Waals surface area contributed by atoms with Crippen molar-refractivity contribution >= 4 is 11.6 Å². The summed E-state index contributed by atoms with van der Waals surface area (Å²) in [5, 5.41) is 0.450. The van der Waals surface area contributed by atoms with Gasteiger partial charge >= 0.3 is 6.18 Å². The molecule has 0 fully saturated rings. The van der Waals surface area contributed by atoms with Gasteiger partial charge in [-0.15, -0.1) is 0 Å². The molecule has 2 N–H and O–H groups in total. The third-order valence-electron chi connectivity index (χ3n) is 2.35. The second-order valence-corrected chi connectivity index (χ2v) is 4.09. The predicted octanol–water partition coefficient (Wildman–Crippen LogP) is 3.41. The normalized spacial score (nSPS) is 13.8. The lowest BCUT2D eigenvalue weighted by Crippen LogP contribution is -2.27. The standard InChI is InChI=1S/C11H13ClF3N/c12-10-3-1-2-8(7-10)6-9(4-5-16)11(13,14)15/h1-3,7,9H,4-6,16H2. The van der Waals surface area contributed by atoms with Crippen molar-refractivity contribution in [1.29, 1.82) is 0 Å². The van der Waals surface area contributed by atoms with Crippen LogP contribution < -0.4 is 5.73 Å². The van der Waals surface area contributed by atoms with E-state index < -0.39 is 12.1 Å². The molecular weight excluding hydrogens is 239 g/mol. The molecule has 5 heteroatoms. The fraction of sp³-hybridized carbons (Fsp3) is 0.455. The van der Waals surface area contributed by atoms with Crippen molar-refractivity contribution in [3.63, 3.8) is 0 Å². The molecule has 1 rings (SSSR count). The summed E-state index contributed by atoms with van der Waals surface area (Å²) in [5.74, 6) is -1.39. The Morgan fingerprint density at radius 3 is 2.50 bits per heavy atom. The maximum atomic E-state index is 12.6. The maximum Gasteiger partial charge on any atom is 0.392 e. The molecule has 0 radical (unpaired) electrons. The summed E-state index contributed by atoms with van der Waals surface area (Å²) < 4.78 is 37.8. The van der Waals surface area contributed by atoms with E-state index in [1.54, 1.807) is 24.3 Å². The lowest BCUT2D eigenvalue weighted by Gasteiger charge is -2.19. The van der Waals surface area contributed by atoms with E-state index in [0.717, 1.165) is 0 Å². The molecule has 1 aromatic rings. The molecule has 0 aliphatic heterocycles. The molecule has 1 nitrogen and oxygen atoms in total. The van der Waals surface area contributed by atoms with Crippen LogP contribution >= 0.6 is 11.6 Å². The molecule has 1 atom stereocenters. The van der Waals surface area contributed by atoms with Crippen LogP contribution in [0.5, 0.6) is 0 Å². The summed E-state index contributed by atoms with van der Waals surface area (Å²) in [6.45, 7) is 0.0325. The van der Waals surface area contributed by atoms with Crippen LogP contribution in [0.4, 0.5) is 13.2 Å². The second-order valence-electron chi connectivity index (χ2n) is 3.65. The average molecular weight is 252 g/mol. The molecule has 0 aromatic heterocycles. The highest BCUT2D eigenvalue weighted by atomic mass is 35.5. The second kappa shape index (κ2) is 5.55. The smallest absolute Gasteiger partial charge is 0.330 e. The van der Waals surface area contributed by atoms with Crippen molar-refractivity contribution in [2.45, 2.75) is 19.0 Å². The van der Waals surface area contributed by atoms with Crippen molar-refractivity contribution < 1.29 is 13.2 Å². The van der Waals surface area contributed by atoms with E-state index in [9.17, 15) is 13.2 Å². The quantitative estimate of drug-likeness (QED) is 0.872. The van der Waals surface area contributed by atoms with Gasteiger partial charge in [0, 0.05) is 5.02 Å². The lowest BCUT2D eigenvalue weighted by molar-refractivity contribution is -0.175. The van der Waals surface area contributed by atoms with Crippen LogP contribution in [0.25, 0.3) is 0 Å². The summed E-state index contributed by atoms with van der Waals surface area (Å²) in [5.41, 5.74) is 5.77. The largest absolute Gasteiger partial charge is 0.392 e. The van der Waals surface area contributed by atoms with Crippen molar-refractivity contribution in [2.24, 2.45) is 11.7 Å². The fourth-order valence-electron chi connectivity index (χ4n) is 1.53. The highest BCUT2D eigenvalue weighted by molar-refractivity contribution is 6.30. The van der Waals surface area contributed by atoms with Gasteiger partial charge in [0.15, 0.2) is 0 Å². The predicted molar refractivity (Wildman–Crippen MR) is 58.4 cm³/mol. The first kappa shape index (κ1) is 13.3. The number of rotatable bonds is 4. The molecular formula is C11H13ClF3N. The molecule has 16 heavy (non-hydrogen) atoms. The molecule has 0 saturated carbocycles. The van der Waals surface area contributed by atoms with E-state index in [2.05, 4.69) is 0 Å². The highest BCUT2D eigenvalue weighted by Crippen LogP contribution is 2.31. The van der Waals surface area contributed by atoms with Gasteiger partial charge in [-0.1, -0.05) is 23.7 Å². The van der Waals surface area contributed by atoms with Gasteiger partial charge in [0.2, 0.25) is 0 Å². The number of hydrogen-bond acceptors (Lipinski definition) is 1. The molecule has 0 bridgehead atoms. The summed E-state index contributed by atoms with van der Waals surface area (Å²) in [4.78, 5) is 0. The third kappa shape index (κ3) is 4.02.